The number of hydrogen-bond donors (Lipinski definition) is 2. The minimum Gasteiger partial charge on any atom is -0.462 e. The maximum absolute atomic E-state index is 12.9. The molecule has 1 aliphatic heterocycles. The van der Waals surface area contributed by atoms with Crippen molar-refractivity contribution in [1.82, 2.24) is 10.2 Å². The van der Waals surface area contributed by atoms with E-state index in [1.54, 1.807) is 0 Å². The maximum atomic E-state index is 12.9. The summed E-state index contributed by atoms with van der Waals surface area (Å²) >= 11 is 5.53. The van der Waals surface area contributed by atoms with Crippen molar-refractivity contribution in [2.24, 2.45) is 11.8 Å². The average Bonchev–Trinajstić information content (AvgIpc) is 2.65. The van der Waals surface area contributed by atoms with Gasteiger partial charge in [-0.05, 0) is 62.5 Å². The van der Waals surface area contributed by atoms with Crippen molar-refractivity contribution in [1.29, 1.82) is 0 Å². The first-order valence-electron chi connectivity index (χ1n) is 10.7. The van der Waals surface area contributed by atoms with Crippen molar-refractivity contribution in [2.75, 3.05) is 18.5 Å². The summed E-state index contributed by atoms with van der Waals surface area (Å²) in [6.07, 6.45) is 3.06. The van der Waals surface area contributed by atoms with Crippen molar-refractivity contribution in [2.45, 2.75) is 53.0 Å². The Kier molecular flexibility index (Phi) is 7.13. The quantitative estimate of drug-likeness (QED) is 0.501. The van der Waals surface area contributed by atoms with Gasteiger partial charge < -0.3 is 20.3 Å². The summed E-state index contributed by atoms with van der Waals surface area (Å²) in [6, 6.07) is 7.18. The zero-order chi connectivity index (χ0) is 21.8. The molecule has 7 heteroatoms. The lowest BCUT2D eigenvalue weighted by Gasteiger charge is -2.37. The second-order valence-electron chi connectivity index (χ2n) is 8.36. The molecule has 0 unspecified atom stereocenters. The van der Waals surface area contributed by atoms with E-state index in [4.69, 9.17) is 17.0 Å². The highest BCUT2D eigenvalue weighted by molar-refractivity contribution is 7.80. The molecular weight excluding hydrogens is 398 g/mol. The highest BCUT2D eigenvalue weighted by Crippen LogP contribution is 2.32. The zero-order valence-electron chi connectivity index (χ0n) is 18.2. The van der Waals surface area contributed by atoms with Gasteiger partial charge in [0.05, 0.1) is 18.2 Å². The van der Waals surface area contributed by atoms with Gasteiger partial charge >= 0.3 is 5.97 Å². The number of carbonyl (C=O) groups is 2. The first kappa shape index (κ1) is 22.3. The molecule has 162 valence electrons. The van der Waals surface area contributed by atoms with Crippen LogP contribution in [0.15, 0.2) is 35.5 Å². The number of allylic oxidation sites excluding steroid dienone is 1. The van der Waals surface area contributed by atoms with Gasteiger partial charge in [-0.25, -0.2) is 4.79 Å². The normalized spacial score (nSPS) is 19.4. The Labute approximate surface area is 184 Å². The number of anilines is 1. The summed E-state index contributed by atoms with van der Waals surface area (Å²) in [5, 5.41) is 6.85. The standard InChI is InChI=1S/C23H31N3O3S/c1-5-26-15(4)19(22(28)29-13-14(2)3)20(25-23(26)30)16-9-11-18(12-10-16)24-21(27)17-7-6-8-17/h9-12,14,17,20H,5-8,13H2,1-4H3,(H,24,27)(H,25,30)/t20-/m1/s1. The van der Waals surface area contributed by atoms with Crippen LogP contribution in [-0.4, -0.2) is 35.0 Å². The van der Waals surface area contributed by atoms with Crippen LogP contribution in [0, 0.1) is 11.8 Å². The van der Waals surface area contributed by atoms with E-state index in [9.17, 15) is 9.59 Å². The Morgan fingerprint density at radius 2 is 1.93 bits per heavy atom. The SMILES string of the molecule is CCN1C(=S)N[C@H](c2ccc(NC(=O)C3CCC3)cc2)C(C(=O)OCC(C)C)=C1C. The van der Waals surface area contributed by atoms with Crippen LogP contribution in [0.25, 0.3) is 0 Å². The largest absolute Gasteiger partial charge is 0.462 e. The number of rotatable bonds is 7. The second kappa shape index (κ2) is 9.60. The minimum atomic E-state index is -0.392. The lowest BCUT2D eigenvalue weighted by molar-refractivity contribution is -0.140. The van der Waals surface area contributed by atoms with E-state index >= 15 is 0 Å². The molecule has 0 bridgehead atoms. The third-order valence-corrected chi connectivity index (χ3v) is 6.01. The van der Waals surface area contributed by atoms with E-state index in [0.29, 0.717) is 23.8 Å². The lowest BCUT2D eigenvalue weighted by Crippen LogP contribution is -2.47. The van der Waals surface area contributed by atoms with Crippen LogP contribution in [0.1, 0.15) is 58.6 Å². The Bertz CT molecular complexity index is 844. The van der Waals surface area contributed by atoms with E-state index in [1.165, 1.54) is 0 Å². The van der Waals surface area contributed by atoms with Gasteiger partial charge in [-0.15, -0.1) is 0 Å². The van der Waals surface area contributed by atoms with Crippen LogP contribution >= 0.6 is 12.2 Å². The molecule has 30 heavy (non-hydrogen) atoms. The average molecular weight is 430 g/mol. The molecule has 3 rings (SSSR count). The highest BCUT2D eigenvalue weighted by Gasteiger charge is 2.34. The van der Waals surface area contributed by atoms with Crippen molar-refractivity contribution < 1.29 is 14.3 Å². The molecule has 0 aromatic heterocycles. The van der Waals surface area contributed by atoms with Crippen molar-refractivity contribution in [3.63, 3.8) is 0 Å². The van der Waals surface area contributed by atoms with Crippen molar-refractivity contribution >= 4 is 34.9 Å². The Hall–Kier alpha value is -2.41. The fourth-order valence-corrected chi connectivity index (χ4v) is 4.05. The molecule has 2 N–H and O–H groups in total. The van der Waals surface area contributed by atoms with Gasteiger partial charge in [0.2, 0.25) is 5.91 Å². The fourth-order valence-electron chi connectivity index (χ4n) is 3.67. The number of benzene rings is 1. The van der Waals surface area contributed by atoms with Crippen LogP contribution in [-0.2, 0) is 14.3 Å². The predicted molar refractivity (Wildman–Crippen MR) is 122 cm³/mol. The van der Waals surface area contributed by atoms with Gasteiger partial charge in [0, 0.05) is 23.8 Å². The molecule has 0 radical (unpaired) electrons. The van der Waals surface area contributed by atoms with Gasteiger partial charge in [0.25, 0.3) is 0 Å². The van der Waals surface area contributed by atoms with E-state index in [-0.39, 0.29) is 23.7 Å². The van der Waals surface area contributed by atoms with Crippen LogP contribution in [0.2, 0.25) is 0 Å². The number of carbonyl (C=O) groups excluding carboxylic acids is 2. The summed E-state index contributed by atoms with van der Waals surface area (Å²) in [5.41, 5.74) is 3.03. The van der Waals surface area contributed by atoms with E-state index in [1.807, 2.05) is 56.9 Å². The van der Waals surface area contributed by atoms with E-state index < -0.39 is 6.04 Å². The number of thiocarbonyl (C=S) groups is 1. The summed E-state index contributed by atoms with van der Waals surface area (Å²) < 4.78 is 5.55. The monoisotopic (exact) mass is 429 g/mol. The minimum absolute atomic E-state index is 0.0817. The summed E-state index contributed by atoms with van der Waals surface area (Å²) in [6.45, 7) is 8.95. The molecule has 0 saturated heterocycles. The molecule has 1 aromatic carbocycles. The maximum Gasteiger partial charge on any atom is 0.338 e. The van der Waals surface area contributed by atoms with Gasteiger partial charge in [-0.1, -0.05) is 32.4 Å². The number of nitrogens with one attached hydrogen (secondary N) is 2. The molecule has 1 heterocycles. The van der Waals surface area contributed by atoms with Crippen LogP contribution in [0.3, 0.4) is 0 Å². The molecule has 6 nitrogen and oxygen atoms in total. The van der Waals surface area contributed by atoms with E-state index in [2.05, 4.69) is 10.6 Å². The molecule has 1 saturated carbocycles. The molecule has 1 aromatic rings. The Morgan fingerprint density at radius 1 is 1.27 bits per heavy atom. The first-order valence-corrected chi connectivity index (χ1v) is 11.1. The molecule has 1 atom stereocenters. The summed E-state index contributed by atoms with van der Waals surface area (Å²) in [4.78, 5) is 27.0. The number of amides is 1. The molecule has 0 spiro atoms. The molecule has 2 aliphatic rings. The number of hydrogen-bond acceptors (Lipinski definition) is 4. The third-order valence-electron chi connectivity index (χ3n) is 5.67. The zero-order valence-corrected chi connectivity index (χ0v) is 19.0. The van der Waals surface area contributed by atoms with Crippen LogP contribution in [0.5, 0.6) is 0 Å². The number of esters is 1. The number of nitrogens with zero attached hydrogens (tertiary/aromatic N) is 1. The molecule has 1 fully saturated rings. The van der Waals surface area contributed by atoms with Crippen molar-refractivity contribution in [3.8, 4) is 0 Å². The molecular formula is C23H31N3O3S. The van der Waals surface area contributed by atoms with Gasteiger partial charge in [0.15, 0.2) is 5.11 Å². The molecule has 1 aliphatic carbocycles. The lowest BCUT2D eigenvalue weighted by atomic mass is 9.85. The fraction of sp³-hybridized carbons (Fsp3) is 0.522. The first-order chi connectivity index (χ1) is 14.3. The topological polar surface area (TPSA) is 70.7 Å². The van der Waals surface area contributed by atoms with Gasteiger partial charge in [-0.2, -0.15) is 0 Å². The van der Waals surface area contributed by atoms with Crippen LogP contribution in [0.4, 0.5) is 5.69 Å². The van der Waals surface area contributed by atoms with Crippen LogP contribution < -0.4 is 10.6 Å². The van der Waals surface area contributed by atoms with E-state index in [0.717, 1.165) is 36.2 Å². The second-order valence-corrected chi connectivity index (χ2v) is 8.74. The third kappa shape index (κ3) is 4.83. The molecule has 1 amide bonds. The summed E-state index contributed by atoms with van der Waals surface area (Å²) in [5.74, 6) is 0.141. The predicted octanol–water partition coefficient (Wildman–Crippen LogP) is 4.15. The smallest absolute Gasteiger partial charge is 0.338 e. The Balaban J connectivity index is 1.83. The van der Waals surface area contributed by atoms with Gasteiger partial charge in [-0.3, -0.25) is 4.79 Å². The van der Waals surface area contributed by atoms with Crippen molar-refractivity contribution in [3.05, 3.63) is 41.1 Å². The summed E-state index contributed by atoms with van der Waals surface area (Å²) in [7, 11) is 0. The highest BCUT2D eigenvalue weighted by atomic mass is 32.1. The Morgan fingerprint density at radius 3 is 2.47 bits per heavy atom. The number of ether oxygens (including phenoxy) is 1. The van der Waals surface area contributed by atoms with Gasteiger partial charge in [0.1, 0.15) is 0 Å².